The highest BCUT2D eigenvalue weighted by atomic mass is 32.2. The number of carbonyl (C=O) groups excluding carboxylic acids is 2. The van der Waals surface area contributed by atoms with Crippen LogP contribution in [0.15, 0.2) is 83.8 Å². The fraction of sp³-hybridized carbons (Fsp3) is 0.273. The van der Waals surface area contributed by atoms with E-state index in [1.807, 2.05) is 68.4 Å². The third-order valence-electron chi connectivity index (χ3n) is 7.01. The van der Waals surface area contributed by atoms with E-state index in [1.54, 1.807) is 16.8 Å². The van der Waals surface area contributed by atoms with Gasteiger partial charge in [0.25, 0.3) is 10.0 Å². The Morgan fingerprint density at radius 3 is 2.16 bits per heavy atom. The lowest BCUT2D eigenvalue weighted by atomic mass is 10.0. The molecule has 0 spiro atoms. The van der Waals surface area contributed by atoms with Gasteiger partial charge in [0.05, 0.1) is 22.0 Å². The van der Waals surface area contributed by atoms with Gasteiger partial charge in [-0.1, -0.05) is 54.1 Å². The molecule has 0 unspecified atom stereocenters. The number of alkyl halides is 1. The molecule has 2 N–H and O–H groups in total. The van der Waals surface area contributed by atoms with Crippen LogP contribution in [0.1, 0.15) is 48.1 Å². The van der Waals surface area contributed by atoms with Crippen molar-refractivity contribution < 1.29 is 22.4 Å². The van der Waals surface area contributed by atoms with Crippen molar-refractivity contribution in [3.8, 4) is 16.9 Å². The molecule has 0 radical (unpaired) electrons. The highest BCUT2D eigenvalue weighted by molar-refractivity contribution is 7.90. The quantitative estimate of drug-likeness (QED) is 0.175. The number of sulfonamides is 1. The van der Waals surface area contributed by atoms with E-state index >= 15 is 0 Å². The first-order valence-electron chi connectivity index (χ1n) is 14.1. The first-order chi connectivity index (χ1) is 20.5. The Morgan fingerprint density at radius 2 is 1.51 bits per heavy atom. The van der Waals surface area contributed by atoms with E-state index in [0.717, 1.165) is 33.6 Å². The zero-order valence-electron chi connectivity index (χ0n) is 24.3. The van der Waals surface area contributed by atoms with Crippen LogP contribution in [0.5, 0.6) is 0 Å². The Hall–Kier alpha value is -4.44. The molecule has 0 fully saturated rings. The molecule has 1 aromatic heterocycles. The van der Waals surface area contributed by atoms with Gasteiger partial charge in [-0.15, -0.1) is 0 Å². The summed E-state index contributed by atoms with van der Waals surface area (Å²) < 4.78 is 42.0. The molecular weight excluding hydrogens is 567 g/mol. The molecule has 0 aliphatic carbocycles. The summed E-state index contributed by atoms with van der Waals surface area (Å²) in [6.45, 7) is 3.15. The van der Waals surface area contributed by atoms with Gasteiger partial charge in [0.1, 0.15) is 12.5 Å². The second-order valence-electron chi connectivity index (χ2n) is 10.6. The Kier molecular flexibility index (Phi) is 10.4. The van der Waals surface area contributed by atoms with Gasteiger partial charge in [-0.2, -0.15) is 5.10 Å². The molecule has 0 atom stereocenters. The van der Waals surface area contributed by atoms with Crippen molar-refractivity contribution in [2.45, 2.75) is 57.3 Å². The van der Waals surface area contributed by atoms with E-state index in [2.05, 4.69) is 9.82 Å². The fourth-order valence-electron chi connectivity index (χ4n) is 4.62. The number of amides is 1. The lowest BCUT2D eigenvalue weighted by molar-refractivity contribution is -0.124. The zero-order valence-corrected chi connectivity index (χ0v) is 25.1. The molecule has 1 heterocycles. The Morgan fingerprint density at radius 1 is 0.860 bits per heavy atom. The zero-order chi connectivity index (χ0) is 31.0. The van der Waals surface area contributed by atoms with Crippen molar-refractivity contribution in [2.75, 3.05) is 6.67 Å². The molecule has 43 heavy (non-hydrogen) atoms. The van der Waals surface area contributed by atoms with Crippen molar-refractivity contribution >= 4 is 27.4 Å². The number of nitrogens with zero attached hydrogens (tertiary/aromatic N) is 2. The number of aromatic nitrogens is 2. The maximum absolute atomic E-state index is 12.8. The summed E-state index contributed by atoms with van der Waals surface area (Å²) in [5.74, 6) is -0.903. The summed E-state index contributed by atoms with van der Waals surface area (Å²) in [6, 6.07) is 23.7. The minimum absolute atomic E-state index is 0.0506. The maximum atomic E-state index is 12.8. The molecule has 10 heteroatoms. The molecule has 1 amide bonds. The van der Waals surface area contributed by atoms with Gasteiger partial charge in [0.2, 0.25) is 5.91 Å². The normalized spacial score (nSPS) is 11.3. The predicted molar refractivity (Wildman–Crippen MR) is 165 cm³/mol. The fourth-order valence-corrected chi connectivity index (χ4v) is 5.63. The number of hydrogen-bond acceptors (Lipinski definition) is 6. The summed E-state index contributed by atoms with van der Waals surface area (Å²) in [6.07, 6.45) is 1.27. The number of rotatable bonds is 14. The van der Waals surface area contributed by atoms with Crippen molar-refractivity contribution in [3.63, 3.8) is 0 Å². The third kappa shape index (κ3) is 8.78. The number of hydrogen-bond donors (Lipinski definition) is 2. The number of Topliss-reactive ketones (excluding diaryl/α,β-unsaturated/α-hetero) is 1. The molecule has 3 aromatic carbocycles. The largest absolute Gasteiger partial charge is 0.307 e. The van der Waals surface area contributed by atoms with Crippen molar-refractivity contribution in [3.05, 3.63) is 101 Å². The Bertz CT molecular complexity index is 1710. The number of carbonyl (C=O) groups is 2. The molecule has 0 saturated heterocycles. The lowest BCUT2D eigenvalue weighted by Crippen LogP contribution is -2.30. The van der Waals surface area contributed by atoms with Gasteiger partial charge >= 0.3 is 0 Å². The summed E-state index contributed by atoms with van der Waals surface area (Å²) in [5.41, 5.74) is 6.42. The van der Waals surface area contributed by atoms with Gasteiger partial charge in [0.15, 0.2) is 0 Å². The van der Waals surface area contributed by atoms with Gasteiger partial charge < -0.3 is 5.41 Å². The van der Waals surface area contributed by atoms with Gasteiger partial charge in [-0.25, -0.2) is 22.2 Å². The monoisotopic (exact) mass is 602 g/mol. The van der Waals surface area contributed by atoms with Gasteiger partial charge in [0, 0.05) is 30.5 Å². The van der Waals surface area contributed by atoms with Crippen LogP contribution in [0.4, 0.5) is 4.39 Å². The second-order valence-corrected chi connectivity index (χ2v) is 12.2. The maximum Gasteiger partial charge on any atom is 0.264 e. The Balaban J connectivity index is 1.30. The SMILES string of the molecule is Cc1ccc(-c2cc(C)nn2-c2ccc(S(=O)(=O)NC(=O)CCC(=O)CCc3cccc(CCC(=N)CF)c3)cc2)cc1. The standard InChI is InChI=1S/C33H35FN4O4S/c1-23-6-10-27(11-7-23)32-20-24(2)36-38(32)29-13-17-31(18-14-29)43(41,42)37-33(40)19-16-30(39)15-9-26-5-3-4-25(21-26)8-12-28(35)22-34/h3-7,10-11,13-14,17-18,20-21,35H,8-9,12,15-16,19,22H2,1-2H3,(H,37,40). The average Bonchev–Trinajstić information content (AvgIpc) is 3.39. The molecule has 4 aromatic rings. The summed E-state index contributed by atoms with van der Waals surface area (Å²) in [4.78, 5) is 24.8. The predicted octanol–water partition coefficient (Wildman–Crippen LogP) is 5.87. The summed E-state index contributed by atoms with van der Waals surface area (Å²) >= 11 is 0. The van der Waals surface area contributed by atoms with E-state index < -0.39 is 22.6 Å². The second kappa shape index (κ2) is 14.2. The number of benzene rings is 3. The minimum Gasteiger partial charge on any atom is -0.307 e. The topological polar surface area (TPSA) is 122 Å². The van der Waals surface area contributed by atoms with Crippen LogP contribution in [0.3, 0.4) is 0 Å². The van der Waals surface area contributed by atoms with Crippen LogP contribution in [0, 0.1) is 19.3 Å². The molecule has 0 aliphatic rings. The van der Waals surface area contributed by atoms with E-state index in [0.29, 0.717) is 24.9 Å². The van der Waals surface area contributed by atoms with Gasteiger partial charge in [-0.3, -0.25) is 9.59 Å². The van der Waals surface area contributed by atoms with Crippen molar-refractivity contribution in [1.82, 2.24) is 14.5 Å². The van der Waals surface area contributed by atoms with Gasteiger partial charge in [-0.05, 0) is 74.6 Å². The molecule has 0 aliphatic heterocycles. The molecule has 224 valence electrons. The Labute approximate surface area is 251 Å². The number of aryl methyl sites for hydroxylation is 4. The van der Waals surface area contributed by atoms with E-state index in [4.69, 9.17) is 5.41 Å². The van der Waals surface area contributed by atoms with E-state index in [-0.39, 0.29) is 35.7 Å². The molecule has 0 saturated carbocycles. The first-order valence-corrected chi connectivity index (χ1v) is 15.5. The van der Waals surface area contributed by atoms with Crippen LogP contribution in [0.25, 0.3) is 16.9 Å². The highest BCUT2D eigenvalue weighted by Gasteiger charge is 2.19. The minimum atomic E-state index is -4.12. The van der Waals surface area contributed by atoms with Crippen LogP contribution in [0.2, 0.25) is 0 Å². The van der Waals surface area contributed by atoms with Crippen LogP contribution in [-0.4, -0.2) is 42.3 Å². The smallest absolute Gasteiger partial charge is 0.264 e. The van der Waals surface area contributed by atoms with E-state index in [1.165, 1.54) is 12.1 Å². The lowest BCUT2D eigenvalue weighted by Gasteiger charge is -2.10. The molecule has 4 rings (SSSR count). The average molecular weight is 603 g/mol. The first kappa shape index (κ1) is 31.5. The highest BCUT2D eigenvalue weighted by Crippen LogP contribution is 2.25. The summed E-state index contributed by atoms with van der Waals surface area (Å²) in [7, 11) is -4.12. The van der Waals surface area contributed by atoms with Crippen LogP contribution in [-0.2, 0) is 32.5 Å². The summed E-state index contributed by atoms with van der Waals surface area (Å²) in [5, 5.41) is 12.0. The number of halogens is 1. The van der Waals surface area contributed by atoms with Crippen LogP contribution < -0.4 is 4.72 Å². The third-order valence-corrected chi connectivity index (χ3v) is 8.40. The number of ketones is 1. The molecule has 0 bridgehead atoms. The van der Waals surface area contributed by atoms with Crippen LogP contribution >= 0.6 is 0 Å². The molecular formula is C33H35FN4O4S. The molecule has 8 nitrogen and oxygen atoms in total. The van der Waals surface area contributed by atoms with E-state index in [9.17, 15) is 22.4 Å². The van der Waals surface area contributed by atoms with Crippen molar-refractivity contribution in [1.29, 1.82) is 5.41 Å². The number of nitrogens with one attached hydrogen (secondary N) is 2. The van der Waals surface area contributed by atoms with Crippen molar-refractivity contribution in [2.24, 2.45) is 0 Å².